The lowest BCUT2D eigenvalue weighted by Gasteiger charge is -2.21. The number of hydrogen-bond acceptors (Lipinski definition) is 3. The average Bonchev–Trinajstić information content (AvgIpc) is 3.01. The van der Waals surface area contributed by atoms with Crippen LogP contribution in [0.15, 0.2) is 35.7 Å². The zero-order chi connectivity index (χ0) is 17.0. The third kappa shape index (κ3) is 4.53. The molecule has 2 N–H and O–H groups in total. The number of thiophene rings is 1. The molecule has 2 amide bonds. The number of carbonyl (C=O) groups is 2. The molecule has 0 bridgehead atoms. The summed E-state index contributed by atoms with van der Waals surface area (Å²) in [6.07, 6.45) is 0. The summed E-state index contributed by atoms with van der Waals surface area (Å²) in [6.45, 7) is 3.61. The molecule has 1 heterocycles. The number of hydrogen-bond donors (Lipinski definition) is 2. The molecule has 2 rings (SSSR count). The van der Waals surface area contributed by atoms with Gasteiger partial charge in [0, 0.05) is 5.02 Å². The van der Waals surface area contributed by atoms with Crippen molar-refractivity contribution >= 4 is 40.4 Å². The smallest absolute Gasteiger partial charge is 0.262 e. The van der Waals surface area contributed by atoms with E-state index in [9.17, 15) is 14.0 Å². The highest BCUT2D eigenvalue weighted by molar-refractivity contribution is 7.12. The van der Waals surface area contributed by atoms with Crippen LogP contribution in [0.4, 0.5) is 10.1 Å². The number of benzene rings is 1. The Kier molecular flexibility index (Phi) is 5.74. The molecule has 0 aliphatic rings. The molecule has 122 valence electrons. The Balaban J connectivity index is 2.10. The Bertz CT molecular complexity index is 704. The fourth-order valence-corrected chi connectivity index (χ4v) is 2.74. The van der Waals surface area contributed by atoms with E-state index in [2.05, 4.69) is 10.6 Å². The Morgan fingerprint density at radius 1 is 1.26 bits per heavy atom. The van der Waals surface area contributed by atoms with Crippen molar-refractivity contribution in [1.82, 2.24) is 5.32 Å². The van der Waals surface area contributed by atoms with E-state index in [4.69, 9.17) is 11.6 Å². The molecular weight excluding hydrogens is 339 g/mol. The molecule has 23 heavy (non-hydrogen) atoms. The molecular formula is C16H16ClFN2O2S. The molecule has 0 spiro atoms. The molecule has 1 aromatic carbocycles. The average molecular weight is 355 g/mol. The molecule has 0 saturated heterocycles. The van der Waals surface area contributed by atoms with Crippen molar-refractivity contribution in [2.75, 3.05) is 5.32 Å². The van der Waals surface area contributed by atoms with Crippen molar-refractivity contribution in [2.24, 2.45) is 5.92 Å². The van der Waals surface area contributed by atoms with Gasteiger partial charge in [-0.1, -0.05) is 31.5 Å². The van der Waals surface area contributed by atoms with Gasteiger partial charge in [0.1, 0.15) is 11.9 Å². The molecule has 0 radical (unpaired) electrons. The van der Waals surface area contributed by atoms with Gasteiger partial charge in [-0.25, -0.2) is 4.39 Å². The first kappa shape index (κ1) is 17.4. The van der Waals surface area contributed by atoms with Gasteiger partial charge in [-0.3, -0.25) is 9.59 Å². The van der Waals surface area contributed by atoms with Gasteiger partial charge in [-0.05, 0) is 35.6 Å². The van der Waals surface area contributed by atoms with E-state index in [0.29, 0.717) is 4.88 Å². The third-order valence-corrected chi connectivity index (χ3v) is 4.27. The normalized spacial score (nSPS) is 12.0. The van der Waals surface area contributed by atoms with Gasteiger partial charge >= 0.3 is 0 Å². The van der Waals surface area contributed by atoms with E-state index in [0.717, 1.165) is 6.07 Å². The number of halogens is 2. The third-order valence-electron chi connectivity index (χ3n) is 3.17. The first-order chi connectivity index (χ1) is 10.9. The number of rotatable bonds is 5. The summed E-state index contributed by atoms with van der Waals surface area (Å²) in [7, 11) is 0. The van der Waals surface area contributed by atoms with Crippen LogP contribution in [-0.4, -0.2) is 17.9 Å². The number of amides is 2. The highest BCUT2D eigenvalue weighted by Gasteiger charge is 2.25. The molecule has 4 nitrogen and oxygen atoms in total. The van der Waals surface area contributed by atoms with Gasteiger partial charge in [0.25, 0.3) is 5.91 Å². The molecule has 7 heteroatoms. The highest BCUT2D eigenvalue weighted by Crippen LogP contribution is 2.20. The minimum atomic E-state index is -0.778. The molecule has 0 aliphatic carbocycles. The van der Waals surface area contributed by atoms with E-state index in [1.165, 1.54) is 23.5 Å². The van der Waals surface area contributed by atoms with E-state index in [1.807, 2.05) is 0 Å². The standard InChI is InChI=1S/C16H16ClFN2O2S/c1-9(2)14(20-15(21)13-4-3-7-23-13)16(22)19-12-6-5-10(17)8-11(12)18/h3-9,14H,1-2H3,(H,19,22)(H,20,21). The predicted octanol–water partition coefficient (Wildman–Crippen LogP) is 3.93. The molecule has 1 unspecified atom stereocenters. The quantitative estimate of drug-likeness (QED) is 0.854. The maximum absolute atomic E-state index is 13.8. The molecule has 1 aromatic heterocycles. The van der Waals surface area contributed by atoms with E-state index in [1.54, 1.807) is 31.4 Å². The second-order valence-corrected chi connectivity index (χ2v) is 6.67. The van der Waals surface area contributed by atoms with Crippen molar-refractivity contribution in [2.45, 2.75) is 19.9 Å². The number of nitrogens with one attached hydrogen (secondary N) is 2. The van der Waals surface area contributed by atoms with Gasteiger partial charge in [0.05, 0.1) is 10.6 Å². The van der Waals surface area contributed by atoms with Gasteiger partial charge < -0.3 is 10.6 Å². The predicted molar refractivity (Wildman–Crippen MR) is 90.5 cm³/mol. The van der Waals surface area contributed by atoms with E-state index < -0.39 is 17.8 Å². The molecule has 2 aromatic rings. The second kappa shape index (κ2) is 7.57. The topological polar surface area (TPSA) is 58.2 Å². The maximum atomic E-state index is 13.8. The van der Waals surface area contributed by atoms with Crippen molar-refractivity contribution in [3.05, 3.63) is 51.4 Å². The largest absolute Gasteiger partial charge is 0.339 e. The van der Waals surface area contributed by atoms with Gasteiger partial charge in [-0.15, -0.1) is 11.3 Å². The van der Waals surface area contributed by atoms with Gasteiger partial charge in [0.2, 0.25) is 5.91 Å². The minimum absolute atomic E-state index is 0.0235. The SMILES string of the molecule is CC(C)C(NC(=O)c1cccs1)C(=O)Nc1ccc(Cl)cc1F. The van der Waals surface area contributed by atoms with Crippen LogP contribution in [0.5, 0.6) is 0 Å². The monoisotopic (exact) mass is 354 g/mol. The van der Waals surface area contributed by atoms with Crippen LogP contribution in [0, 0.1) is 11.7 Å². The Hall–Kier alpha value is -1.92. The first-order valence-electron chi connectivity index (χ1n) is 6.98. The Morgan fingerprint density at radius 2 is 2.00 bits per heavy atom. The summed E-state index contributed by atoms with van der Waals surface area (Å²) < 4.78 is 13.8. The lowest BCUT2D eigenvalue weighted by molar-refractivity contribution is -0.118. The van der Waals surface area contributed by atoms with Crippen LogP contribution in [-0.2, 0) is 4.79 Å². The number of anilines is 1. The van der Waals surface area contributed by atoms with Crippen molar-refractivity contribution in [1.29, 1.82) is 0 Å². The summed E-state index contributed by atoms with van der Waals surface area (Å²) in [5.74, 6) is -1.59. The van der Waals surface area contributed by atoms with Crippen LogP contribution < -0.4 is 10.6 Å². The fourth-order valence-electron chi connectivity index (χ4n) is 1.96. The van der Waals surface area contributed by atoms with Gasteiger partial charge in [-0.2, -0.15) is 0 Å². The van der Waals surface area contributed by atoms with E-state index >= 15 is 0 Å². The molecule has 0 aliphatic heterocycles. The lowest BCUT2D eigenvalue weighted by Crippen LogP contribution is -2.47. The summed E-state index contributed by atoms with van der Waals surface area (Å²) >= 11 is 6.97. The zero-order valence-corrected chi connectivity index (χ0v) is 14.2. The Labute approximate surface area is 142 Å². The minimum Gasteiger partial charge on any atom is -0.339 e. The van der Waals surface area contributed by atoms with Crippen LogP contribution in [0.1, 0.15) is 23.5 Å². The molecule has 1 atom stereocenters. The van der Waals surface area contributed by atoms with Gasteiger partial charge in [0.15, 0.2) is 0 Å². The van der Waals surface area contributed by atoms with Crippen LogP contribution in [0.3, 0.4) is 0 Å². The zero-order valence-electron chi connectivity index (χ0n) is 12.6. The molecule has 0 fully saturated rings. The first-order valence-corrected chi connectivity index (χ1v) is 8.24. The highest BCUT2D eigenvalue weighted by atomic mass is 35.5. The summed E-state index contributed by atoms with van der Waals surface area (Å²) in [6, 6.07) is 6.63. The Morgan fingerprint density at radius 3 is 2.57 bits per heavy atom. The van der Waals surface area contributed by atoms with Crippen molar-refractivity contribution in [3.63, 3.8) is 0 Å². The van der Waals surface area contributed by atoms with E-state index in [-0.39, 0.29) is 22.5 Å². The van der Waals surface area contributed by atoms with Crippen molar-refractivity contribution in [3.8, 4) is 0 Å². The summed E-state index contributed by atoms with van der Waals surface area (Å²) in [5.41, 5.74) is 0.0235. The van der Waals surface area contributed by atoms with Crippen molar-refractivity contribution < 1.29 is 14.0 Å². The maximum Gasteiger partial charge on any atom is 0.262 e. The second-order valence-electron chi connectivity index (χ2n) is 5.29. The van der Waals surface area contributed by atoms with Crippen LogP contribution in [0.25, 0.3) is 0 Å². The van der Waals surface area contributed by atoms with Crippen LogP contribution in [0.2, 0.25) is 5.02 Å². The van der Waals surface area contributed by atoms with Crippen LogP contribution >= 0.6 is 22.9 Å². The fraction of sp³-hybridized carbons (Fsp3) is 0.250. The summed E-state index contributed by atoms with van der Waals surface area (Å²) in [5, 5.41) is 7.19. The summed E-state index contributed by atoms with van der Waals surface area (Å²) in [4.78, 5) is 25.0. The lowest BCUT2D eigenvalue weighted by atomic mass is 10.0. The number of carbonyl (C=O) groups excluding carboxylic acids is 2. The molecule has 0 saturated carbocycles.